The molecule has 0 atom stereocenters. The lowest BCUT2D eigenvalue weighted by molar-refractivity contribution is -0.141. The number of aromatic nitrogens is 2. The molecule has 0 N–H and O–H groups in total. The van der Waals surface area contributed by atoms with Gasteiger partial charge in [-0.15, -0.1) is 0 Å². The van der Waals surface area contributed by atoms with Crippen molar-refractivity contribution < 1.29 is 13.2 Å². The van der Waals surface area contributed by atoms with E-state index in [2.05, 4.69) is 9.97 Å². The number of alkyl halides is 3. The van der Waals surface area contributed by atoms with Crippen molar-refractivity contribution in [2.75, 3.05) is 11.9 Å². The maximum atomic E-state index is 12.7. The average molecular weight is 292 g/mol. The summed E-state index contributed by atoms with van der Waals surface area (Å²) >= 11 is 0. The van der Waals surface area contributed by atoms with Gasteiger partial charge in [-0.05, 0) is 23.8 Å². The highest BCUT2D eigenvalue weighted by Gasteiger charge is 2.33. The van der Waals surface area contributed by atoms with Crippen LogP contribution in [0.5, 0.6) is 0 Å². The predicted octanol–water partition coefficient (Wildman–Crippen LogP) is 3.00. The third-order valence-electron chi connectivity index (χ3n) is 2.79. The first kappa shape index (κ1) is 14.8. The van der Waals surface area contributed by atoms with Crippen molar-refractivity contribution in [3.63, 3.8) is 0 Å². The lowest BCUT2D eigenvalue weighted by Crippen LogP contribution is -2.21. The lowest BCUT2D eigenvalue weighted by Gasteiger charge is -2.20. The smallest absolute Gasteiger partial charge is 0.354 e. The fourth-order valence-electron chi connectivity index (χ4n) is 1.82. The van der Waals surface area contributed by atoms with Crippen molar-refractivity contribution in [3.05, 3.63) is 53.5 Å². The first-order valence-corrected chi connectivity index (χ1v) is 6.00. The monoisotopic (exact) mass is 292 g/mol. The first-order chi connectivity index (χ1) is 9.91. The lowest BCUT2D eigenvalue weighted by atomic mass is 10.2. The SMILES string of the molecule is CN(Cc1cccnc1)c1nc(C(F)(F)F)ccc1C#N. The molecule has 2 aromatic rings. The molecule has 0 fully saturated rings. The van der Waals surface area contributed by atoms with Crippen LogP contribution >= 0.6 is 0 Å². The largest absolute Gasteiger partial charge is 0.433 e. The van der Waals surface area contributed by atoms with Gasteiger partial charge in [0, 0.05) is 26.0 Å². The maximum Gasteiger partial charge on any atom is 0.433 e. The third-order valence-corrected chi connectivity index (χ3v) is 2.79. The van der Waals surface area contributed by atoms with Crippen LogP contribution < -0.4 is 4.90 Å². The first-order valence-electron chi connectivity index (χ1n) is 6.00. The fourth-order valence-corrected chi connectivity index (χ4v) is 1.82. The quantitative estimate of drug-likeness (QED) is 0.872. The van der Waals surface area contributed by atoms with Crippen LogP contribution in [0.15, 0.2) is 36.7 Å². The highest BCUT2D eigenvalue weighted by molar-refractivity contribution is 5.54. The molecule has 0 aromatic carbocycles. The molecule has 2 heterocycles. The van der Waals surface area contributed by atoms with Crippen LogP contribution in [0.4, 0.5) is 19.0 Å². The molecule has 0 aliphatic rings. The molecule has 108 valence electrons. The molecule has 0 saturated carbocycles. The van der Waals surface area contributed by atoms with Crippen LogP contribution in [-0.4, -0.2) is 17.0 Å². The number of nitrogens with zero attached hydrogens (tertiary/aromatic N) is 4. The normalized spacial score (nSPS) is 11.0. The van der Waals surface area contributed by atoms with Crippen molar-refractivity contribution in [3.8, 4) is 6.07 Å². The number of halogens is 3. The molecule has 0 bridgehead atoms. The summed E-state index contributed by atoms with van der Waals surface area (Å²) in [5.41, 5.74) is -0.118. The summed E-state index contributed by atoms with van der Waals surface area (Å²) in [6, 6.07) is 7.31. The summed E-state index contributed by atoms with van der Waals surface area (Å²) < 4.78 is 38.2. The zero-order valence-corrected chi connectivity index (χ0v) is 11.1. The molecule has 2 aromatic heterocycles. The van der Waals surface area contributed by atoms with Gasteiger partial charge in [0.1, 0.15) is 17.6 Å². The van der Waals surface area contributed by atoms with Crippen molar-refractivity contribution in [1.29, 1.82) is 5.26 Å². The van der Waals surface area contributed by atoms with Gasteiger partial charge in [-0.3, -0.25) is 4.98 Å². The predicted molar refractivity (Wildman–Crippen MR) is 70.3 cm³/mol. The van der Waals surface area contributed by atoms with Crippen LogP contribution in [0.25, 0.3) is 0 Å². The van der Waals surface area contributed by atoms with Gasteiger partial charge in [-0.25, -0.2) is 4.98 Å². The van der Waals surface area contributed by atoms with Crippen LogP contribution in [0.1, 0.15) is 16.8 Å². The summed E-state index contributed by atoms with van der Waals surface area (Å²) in [6.07, 6.45) is -1.33. The Labute approximate surface area is 119 Å². The molecule has 0 unspecified atom stereocenters. The number of hydrogen-bond acceptors (Lipinski definition) is 4. The highest BCUT2D eigenvalue weighted by atomic mass is 19.4. The van der Waals surface area contributed by atoms with E-state index in [0.29, 0.717) is 6.54 Å². The molecule has 4 nitrogen and oxygen atoms in total. The Hall–Kier alpha value is -2.62. The third kappa shape index (κ3) is 3.48. The minimum absolute atomic E-state index is 0.00354. The summed E-state index contributed by atoms with van der Waals surface area (Å²) in [5, 5.41) is 9.02. The zero-order valence-electron chi connectivity index (χ0n) is 11.1. The van der Waals surface area contributed by atoms with E-state index in [0.717, 1.165) is 17.7 Å². The number of hydrogen-bond donors (Lipinski definition) is 0. The number of pyridine rings is 2. The van der Waals surface area contributed by atoms with Gasteiger partial charge in [0.05, 0.1) is 5.56 Å². The van der Waals surface area contributed by atoms with E-state index in [1.54, 1.807) is 31.6 Å². The second-order valence-electron chi connectivity index (χ2n) is 4.39. The van der Waals surface area contributed by atoms with Crippen LogP contribution in [0, 0.1) is 11.3 Å². The van der Waals surface area contributed by atoms with Crippen molar-refractivity contribution in [1.82, 2.24) is 9.97 Å². The Morgan fingerprint density at radius 1 is 1.29 bits per heavy atom. The summed E-state index contributed by atoms with van der Waals surface area (Å²) in [6.45, 7) is 0.302. The van der Waals surface area contributed by atoms with Crippen LogP contribution in [0.2, 0.25) is 0 Å². The fraction of sp³-hybridized carbons (Fsp3) is 0.214. The minimum atomic E-state index is -4.54. The van der Waals surface area contributed by atoms with Gasteiger partial charge in [0.2, 0.25) is 0 Å². The van der Waals surface area contributed by atoms with Gasteiger partial charge in [0.25, 0.3) is 0 Å². The van der Waals surface area contributed by atoms with E-state index in [9.17, 15) is 13.2 Å². The van der Waals surface area contributed by atoms with Crippen molar-refractivity contribution in [2.24, 2.45) is 0 Å². The van der Waals surface area contributed by atoms with Gasteiger partial charge < -0.3 is 4.90 Å². The molecule has 0 saturated heterocycles. The van der Waals surface area contributed by atoms with E-state index in [1.165, 1.54) is 4.90 Å². The van der Waals surface area contributed by atoms with Gasteiger partial charge >= 0.3 is 6.18 Å². The second kappa shape index (κ2) is 5.79. The summed E-state index contributed by atoms with van der Waals surface area (Å²) in [5.74, 6) is -0.00354. The second-order valence-corrected chi connectivity index (χ2v) is 4.39. The topological polar surface area (TPSA) is 52.8 Å². The van der Waals surface area contributed by atoms with E-state index in [1.807, 2.05) is 6.07 Å². The molecule has 7 heteroatoms. The Kier molecular flexibility index (Phi) is 4.08. The molecule has 21 heavy (non-hydrogen) atoms. The minimum Gasteiger partial charge on any atom is -0.354 e. The molecule has 0 radical (unpaired) electrons. The molecule has 0 aliphatic heterocycles. The van der Waals surface area contributed by atoms with Crippen molar-refractivity contribution in [2.45, 2.75) is 12.7 Å². The Morgan fingerprint density at radius 3 is 2.62 bits per heavy atom. The molecular formula is C14H11F3N4. The molecule has 0 amide bonds. The number of nitriles is 1. The molecule has 2 rings (SSSR count). The van der Waals surface area contributed by atoms with E-state index >= 15 is 0 Å². The number of rotatable bonds is 3. The summed E-state index contributed by atoms with van der Waals surface area (Å²) in [7, 11) is 1.58. The van der Waals surface area contributed by atoms with Crippen LogP contribution in [0.3, 0.4) is 0 Å². The van der Waals surface area contributed by atoms with Gasteiger partial charge in [-0.1, -0.05) is 6.07 Å². The van der Waals surface area contributed by atoms with Gasteiger partial charge in [-0.2, -0.15) is 18.4 Å². The summed E-state index contributed by atoms with van der Waals surface area (Å²) in [4.78, 5) is 9.00. The Bertz CT molecular complexity index is 662. The van der Waals surface area contributed by atoms with Crippen molar-refractivity contribution >= 4 is 5.82 Å². The highest BCUT2D eigenvalue weighted by Crippen LogP contribution is 2.30. The van der Waals surface area contributed by atoms with E-state index in [4.69, 9.17) is 5.26 Å². The zero-order chi connectivity index (χ0) is 15.5. The molecule has 0 aliphatic carbocycles. The Balaban J connectivity index is 2.35. The van der Waals surface area contributed by atoms with Gasteiger partial charge in [0.15, 0.2) is 0 Å². The average Bonchev–Trinajstić information content (AvgIpc) is 2.46. The van der Waals surface area contributed by atoms with E-state index in [-0.39, 0.29) is 11.4 Å². The molecular weight excluding hydrogens is 281 g/mol. The van der Waals surface area contributed by atoms with E-state index < -0.39 is 11.9 Å². The standard InChI is InChI=1S/C14H11F3N4/c1-21(9-10-3-2-6-19-8-10)13-11(7-18)4-5-12(20-13)14(15,16)17/h2-6,8H,9H2,1H3. The maximum absolute atomic E-state index is 12.7. The Morgan fingerprint density at radius 2 is 2.05 bits per heavy atom. The number of anilines is 1. The molecule has 0 spiro atoms. The van der Waals surface area contributed by atoms with Crippen LogP contribution in [-0.2, 0) is 12.7 Å².